The van der Waals surface area contributed by atoms with Crippen molar-refractivity contribution in [2.24, 2.45) is 0 Å². The molecule has 2 heterocycles. The van der Waals surface area contributed by atoms with Gasteiger partial charge in [0.1, 0.15) is 11.9 Å². The van der Waals surface area contributed by atoms with E-state index in [2.05, 4.69) is 39.1 Å². The van der Waals surface area contributed by atoms with Crippen LogP contribution in [-0.4, -0.2) is 42.2 Å². The molecule has 6 heteroatoms. The van der Waals surface area contributed by atoms with Gasteiger partial charge in [-0.3, -0.25) is 0 Å². The van der Waals surface area contributed by atoms with Gasteiger partial charge in [0.25, 0.3) is 5.88 Å². The molecule has 148 valence electrons. The van der Waals surface area contributed by atoms with Crippen LogP contribution in [0.1, 0.15) is 50.6 Å². The number of aryl methyl sites for hydroxylation is 3. The summed E-state index contributed by atoms with van der Waals surface area (Å²) >= 11 is 0. The number of anilines is 2. The Bertz CT molecular complexity index is 761. The molecule has 0 aliphatic carbocycles. The lowest BCUT2D eigenvalue weighted by Crippen LogP contribution is -2.17. The summed E-state index contributed by atoms with van der Waals surface area (Å²) in [5, 5.41) is 3.15. The van der Waals surface area contributed by atoms with Crippen LogP contribution < -0.4 is 15.0 Å². The highest BCUT2D eigenvalue weighted by Gasteiger charge is 2.20. The van der Waals surface area contributed by atoms with Crippen molar-refractivity contribution in [3.63, 3.8) is 0 Å². The molecule has 0 unspecified atom stereocenters. The van der Waals surface area contributed by atoms with Gasteiger partial charge in [0, 0.05) is 32.4 Å². The lowest BCUT2D eigenvalue weighted by atomic mass is 10.0. The van der Waals surface area contributed by atoms with E-state index in [0.717, 1.165) is 53.3 Å². The van der Waals surface area contributed by atoms with Crippen LogP contribution in [-0.2, 0) is 6.42 Å². The van der Waals surface area contributed by atoms with E-state index in [0.29, 0.717) is 11.7 Å². The van der Waals surface area contributed by atoms with Gasteiger partial charge in [0.2, 0.25) is 0 Å². The Balaban J connectivity index is 2.61. The van der Waals surface area contributed by atoms with Crippen molar-refractivity contribution < 1.29 is 4.74 Å². The van der Waals surface area contributed by atoms with E-state index in [1.807, 2.05) is 33.0 Å². The van der Waals surface area contributed by atoms with Crippen molar-refractivity contribution in [1.82, 2.24) is 15.0 Å². The number of nitrogens with one attached hydrogen (secondary N) is 1. The Morgan fingerprint density at radius 2 is 1.74 bits per heavy atom. The molecule has 0 spiro atoms. The highest BCUT2D eigenvalue weighted by Crippen LogP contribution is 2.33. The number of pyridine rings is 1. The monoisotopic (exact) mass is 371 g/mol. The first-order valence-electron chi connectivity index (χ1n) is 9.77. The largest absolute Gasteiger partial charge is 0.472 e. The normalized spacial score (nSPS) is 11.0. The molecule has 0 aliphatic rings. The number of hydrogen-bond donors (Lipinski definition) is 1. The maximum Gasteiger partial charge on any atom is 0.257 e. The van der Waals surface area contributed by atoms with Crippen LogP contribution in [0.25, 0.3) is 11.3 Å². The van der Waals surface area contributed by atoms with E-state index in [9.17, 15) is 0 Å². The third-order valence-corrected chi connectivity index (χ3v) is 4.78. The molecule has 2 rings (SSSR count). The molecule has 27 heavy (non-hydrogen) atoms. The van der Waals surface area contributed by atoms with Crippen molar-refractivity contribution >= 4 is 11.6 Å². The molecule has 2 aromatic heterocycles. The standard InChI is InChI=1S/C21H33N5O/c1-9-15(10-2)27-21-20(22-6)25-19(16(11-3)24-21)18-13(4)12-17(26(7)8)23-14(18)5/h12,15H,9-11H2,1-8H3,(H,22,25). The first kappa shape index (κ1) is 20.9. The van der Waals surface area contributed by atoms with Gasteiger partial charge in [-0.1, -0.05) is 20.8 Å². The van der Waals surface area contributed by atoms with Gasteiger partial charge < -0.3 is 15.0 Å². The summed E-state index contributed by atoms with van der Waals surface area (Å²) in [6, 6.07) is 2.09. The zero-order valence-electron chi connectivity index (χ0n) is 18.0. The zero-order valence-corrected chi connectivity index (χ0v) is 18.0. The van der Waals surface area contributed by atoms with E-state index in [-0.39, 0.29) is 6.10 Å². The predicted molar refractivity (Wildman–Crippen MR) is 113 cm³/mol. The number of rotatable bonds is 8. The van der Waals surface area contributed by atoms with Crippen LogP contribution in [0.4, 0.5) is 11.6 Å². The fraction of sp³-hybridized carbons (Fsp3) is 0.571. The van der Waals surface area contributed by atoms with Crippen LogP contribution in [0.15, 0.2) is 6.07 Å². The molecular formula is C21H33N5O. The Kier molecular flexibility index (Phi) is 6.99. The summed E-state index contributed by atoms with van der Waals surface area (Å²) in [4.78, 5) is 16.5. The maximum atomic E-state index is 6.12. The first-order chi connectivity index (χ1) is 12.9. The summed E-state index contributed by atoms with van der Waals surface area (Å²) in [7, 11) is 5.86. The predicted octanol–water partition coefficient (Wildman–Crippen LogP) is 4.39. The fourth-order valence-electron chi connectivity index (χ4n) is 3.16. The van der Waals surface area contributed by atoms with E-state index >= 15 is 0 Å². The summed E-state index contributed by atoms with van der Waals surface area (Å²) in [5.41, 5.74) is 4.96. The highest BCUT2D eigenvalue weighted by molar-refractivity contribution is 5.72. The molecule has 0 amide bonds. The van der Waals surface area contributed by atoms with Crippen LogP contribution >= 0.6 is 0 Å². The van der Waals surface area contributed by atoms with Crippen molar-refractivity contribution in [3.05, 3.63) is 23.0 Å². The number of hydrogen-bond acceptors (Lipinski definition) is 6. The molecule has 0 radical (unpaired) electrons. The molecule has 0 saturated carbocycles. The molecule has 0 aliphatic heterocycles. The Hall–Kier alpha value is -2.37. The van der Waals surface area contributed by atoms with Gasteiger partial charge in [-0.15, -0.1) is 0 Å². The SMILES string of the molecule is CCc1nc(OC(CC)CC)c(NC)nc1-c1c(C)cc(N(C)C)nc1C. The van der Waals surface area contributed by atoms with Crippen molar-refractivity contribution in [2.75, 3.05) is 31.4 Å². The minimum atomic E-state index is 0.145. The van der Waals surface area contributed by atoms with E-state index in [1.165, 1.54) is 0 Å². The summed E-state index contributed by atoms with van der Waals surface area (Å²) in [6.07, 6.45) is 2.81. The Morgan fingerprint density at radius 3 is 2.22 bits per heavy atom. The third-order valence-electron chi connectivity index (χ3n) is 4.78. The highest BCUT2D eigenvalue weighted by atomic mass is 16.5. The van der Waals surface area contributed by atoms with Crippen LogP contribution in [0, 0.1) is 13.8 Å². The number of nitrogens with zero attached hydrogens (tertiary/aromatic N) is 4. The molecular weight excluding hydrogens is 338 g/mol. The minimum Gasteiger partial charge on any atom is -0.472 e. The molecule has 0 aromatic carbocycles. The second-order valence-electron chi connectivity index (χ2n) is 6.98. The molecule has 0 fully saturated rings. The number of aromatic nitrogens is 3. The quantitative estimate of drug-likeness (QED) is 0.742. The van der Waals surface area contributed by atoms with Crippen LogP contribution in [0.3, 0.4) is 0 Å². The second kappa shape index (κ2) is 9.02. The molecule has 2 aromatic rings. The van der Waals surface area contributed by atoms with Gasteiger partial charge in [0.15, 0.2) is 5.82 Å². The Labute approximate surface area is 163 Å². The Morgan fingerprint density at radius 1 is 1.07 bits per heavy atom. The van der Waals surface area contributed by atoms with Gasteiger partial charge in [-0.05, 0) is 44.7 Å². The minimum absolute atomic E-state index is 0.145. The zero-order chi connectivity index (χ0) is 20.1. The molecule has 0 bridgehead atoms. The lowest BCUT2D eigenvalue weighted by Gasteiger charge is -2.21. The lowest BCUT2D eigenvalue weighted by molar-refractivity contribution is 0.185. The van der Waals surface area contributed by atoms with Gasteiger partial charge >= 0.3 is 0 Å². The third kappa shape index (κ3) is 4.49. The summed E-state index contributed by atoms with van der Waals surface area (Å²) in [6.45, 7) is 10.5. The average Bonchev–Trinajstić information content (AvgIpc) is 2.65. The van der Waals surface area contributed by atoms with Crippen LogP contribution in [0.5, 0.6) is 5.88 Å². The van der Waals surface area contributed by atoms with Crippen molar-refractivity contribution in [2.45, 2.75) is 60.0 Å². The van der Waals surface area contributed by atoms with E-state index in [1.54, 1.807) is 0 Å². The molecule has 0 atom stereocenters. The van der Waals surface area contributed by atoms with Crippen molar-refractivity contribution in [1.29, 1.82) is 0 Å². The fourth-order valence-corrected chi connectivity index (χ4v) is 3.16. The first-order valence-corrected chi connectivity index (χ1v) is 9.77. The topological polar surface area (TPSA) is 63.2 Å². The van der Waals surface area contributed by atoms with Crippen LogP contribution in [0.2, 0.25) is 0 Å². The maximum absolute atomic E-state index is 6.12. The molecule has 6 nitrogen and oxygen atoms in total. The van der Waals surface area contributed by atoms with E-state index < -0.39 is 0 Å². The number of ether oxygens (including phenoxy) is 1. The average molecular weight is 372 g/mol. The summed E-state index contributed by atoms with van der Waals surface area (Å²) < 4.78 is 6.12. The van der Waals surface area contributed by atoms with Gasteiger partial charge in [-0.25, -0.2) is 15.0 Å². The summed E-state index contributed by atoms with van der Waals surface area (Å²) in [5.74, 6) is 2.20. The second-order valence-corrected chi connectivity index (χ2v) is 6.98. The van der Waals surface area contributed by atoms with Gasteiger partial charge in [-0.2, -0.15) is 0 Å². The molecule has 1 N–H and O–H groups in total. The van der Waals surface area contributed by atoms with Crippen molar-refractivity contribution in [3.8, 4) is 17.1 Å². The smallest absolute Gasteiger partial charge is 0.257 e. The van der Waals surface area contributed by atoms with Gasteiger partial charge in [0.05, 0.1) is 11.4 Å². The molecule has 0 saturated heterocycles. The van der Waals surface area contributed by atoms with E-state index in [4.69, 9.17) is 19.7 Å².